The van der Waals surface area contributed by atoms with Gasteiger partial charge in [-0.2, -0.15) is 0 Å². The molecule has 0 fully saturated rings. The lowest BCUT2D eigenvalue weighted by Crippen LogP contribution is -1.95. The molecule has 0 nitrogen and oxygen atoms in total. The maximum Gasteiger partial charge on any atom is -0.00106 e. The molecule has 0 aromatic rings. The van der Waals surface area contributed by atoms with Crippen molar-refractivity contribution in [1.29, 1.82) is 0 Å². The molecule has 0 radical (unpaired) electrons. The second-order valence-electron chi connectivity index (χ2n) is 3.09. The van der Waals surface area contributed by atoms with Gasteiger partial charge in [-0.3, -0.25) is 0 Å². The Kier molecular flexibility index (Phi) is 3.59. The first kappa shape index (κ1) is 9.05. The van der Waals surface area contributed by atoms with E-state index in [9.17, 15) is 0 Å². The molecule has 0 heteroatoms. The second-order valence-corrected chi connectivity index (χ2v) is 3.09. The number of rotatable bonds is 3. The molecule has 0 amide bonds. The highest BCUT2D eigenvalue weighted by Gasteiger charge is 2.02. The molecule has 0 saturated heterocycles. The fourth-order valence-corrected chi connectivity index (χ4v) is 1.33. The molecule has 12 heavy (non-hydrogen) atoms. The lowest BCUT2D eigenvalue weighted by Gasteiger charge is -2.10. The van der Waals surface area contributed by atoms with Crippen molar-refractivity contribution in [1.82, 2.24) is 0 Å². The van der Waals surface area contributed by atoms with Crippen LogP contribution in [0.3, 0.4) is 0 Å². The van der Waals surface area contributed by atoms with Gasteiger partial charge in [-0.05, 0) is 24.3 Å². The first-order valence-electron chi connectivity index (χ1n) is 4.50. The number of hydrogen-bond acceptors (Lipinski definition) is 0. The van der Waals surface area contributed by atoms with E-state index < -0.39 is 0 Å². The van der Waals surface area contributed by atoms with E-state index >= 15 is 0 Å². The predicted octanol–water partition coefficient (Wildman–Crippen LogP) is 3.64. The van der Waals surface area contributed by atoms with Crippen LogP contribution in [0.15, 0.2) is 48.6 Å². The lowest BCUT2D eigenvalue weighted by atomic mass is 9.95. The highest BCUT2D eigenvalue weighted by Crippen LogP contribution is 2.18. The Labute approximate surface area is 75.0 Å². The SMILES string of the molecule is C=C/C=C\C(C)C1=CCCC=C1. The summed E-state index contributed by atoms with van der Waals surface area (Å²) in [5.41, 5.74) is 1.43. The van der Waals surface area contributed by atoms with Crippen LogP contribution in [0.5, 0.6) is 0 Å². The molecule has 1 rings (SSSR count). The fraction of sp³-hybridized carbons (Fsp3) is 0.333. The minimum absolute atomic E-state index is 0.527. The first-order chi connectivity index (χ1) is 5.84. The minimum Gasteiger partial charge on any atom is -0.0991 e. The molecule has 0 aromatic carbocycles. The van der Waals surface area contributed by atoms with Crippen LogP contribution in [-0.2, 0) is 0 Å². The molecule has 64 valence electrons. The average Bonchev–Trinajstić information content (AvgIpc) is 2.15. The third-order valence-corrected chi connectivity index (χ3v) is 2.09. The molecule has 0 heterocycles. The molecule has 0 aliphatic heterocycles. The first-order valence-corrected chi connectivity index (χ1v) is 4.50. The molecule has 0 saturated carbocycles. The van der Waals surface area contributed by atoms with Crippen molar-refractivity contribution in [2.24, 2.45) is 5.92 Å². The topological polar surface area (TPSA) is 0 Å². The quantitative estimate of drug-likeness (QED) is 0.553. The van der Waals surface area contributed by atoms with E-state index in [0.29, 0.717) is 5.92 Å². The van der Waals surface area contributed by atoms with Crippen LogP contribution in [0, 0.1) is 5.92 Å². The Bertz CT molecular complexity index is 228. The van der Waals surface area contributed by atoms with Crippen LogP contribution in [0.25, 0.3) is 0 Å². The van der Waals surface area contributed by atoms with Crippen molar-refractivity contribution >= 4 is 0 Å². The van der Waals surface area contributed by atoms with Gasteiger partial charge >= 0.3 is 0 Å². The van der Waals surface area contributed by atoms with E-state index in [-0.39, 0.29) is 0 Å². The van der Waals surface area contributed by atoms with E-state index in [2.05, 4.69) is 37.8 Å². The van der Waals surface area contributed by atoms with Crippen LogP contribution in [0.1, 0.15) is 19.8 Å². The van der Waals surface area contributed by atoms with Gasteiger partial charge < -0.3 is 0 Å². The average molecular weight is 160 g/mol. The van der Waals surface area contributed by atoms with Gasteiger partial charge in [-0.25, -0.2) is 0 Å². The summed E-state index contributed by atoms with van der Waals surface area (Å²) in [4.78, 5) is 0. The maximum absolute atomic E-state index is 3.65. The molecule has 0 aromatic heterocycles. The molecular formula is C12H16. The Morgan fingerprint density at radius 2 is 2.33 bits per heavy atom. The van der Waals surface area contributed by atoms with Crippen LogP contribution >= 0.6 is 0 Å². The van der Waals surface area contributed by atoms with Crippen molar-refractivity contribution < 1.29 is 0 Å². The molecule has 0 N–H and O–H groups in total. The highest BCUT2D eigenvalue weighted by atomic mass is 14.1. The molecule has 1 unspecified atom stereocenters. The van der Waals surface area contributed by atoms with Gasteiger partial charge in [0.05, 0.1) is 0 Å². The van der Waals surface area contributed by atoms with E-state index in [1.807, 2.05) is 12.2 Å². The van der Waals surface area contributed by atoms with Gasteiger partial charge in [0.25, 0.3) is 0 Å². The zero-order valence-corrected chi connectivity index (χ0v) is 7.66. The lowest BCUT2D eigenvalue weighted by molar-refractivity contribution is 0.857. The summed E-state index contributed by atoms with van der Waals surface area (Å²) >= 11 is 0. The van der Waals surface area contributed by atoms with E-state index in [1.165, 1.54) is 18.4 Å². The Balaban J connectivity index is 2.56. The number of hydrogen-bond donors (Lipinski definition) is 0. The van der Waals surface area contributed by atoms with Crippen LogP contribution in [-0.4, -0.2) is 0 Å². The summed E-state index contributed by atoms with van der Waals surface area (Å²) in [6.07, 6.45) is 15.2. The van der Waals surface area contributed by atoms with Crippen LogP contribution < -0.4 is 0 Å². The molecular weight excluding hydrogens is 144 g/mol. The summed E-state index contributed by atoms with van der Waals surface area (Å²) in [7, 11) is 0. The third kappa shape index (κ3) is 2.54. The van der Waals surface area contributed by atoms with Gasteiger partial charge in [0.1, 0.15) is 0 Å². The fourth-order valence-electron chi connectivity index (χ4n) is 1.33. The van der Waals surface area contributed by atoms with Gasteiger partial charge in [0.2, 0.25) is 0 Å². The van der Waals surface area contributed by atoms with Crippen LogP contribution in [0.2, 0.25) is 0 Å². The maximum atomic E-state index is 3.65. The zero-order chi connectivity index (χ0) is 8.81. The van der Waals surface area contributed by atoms with E-state index in [1.54, 1.807) is 0 Å². The third-order valence-electron chi connectivity index (χ3n) is 2.09. The Hall–Kier alpha value is -1.04. The molecule has 1 atom stereocenters. The van der Waals surface area contributed by atoms with Crippen molar-refractivity contribution in [2.45, 2.75) is 19.8 Å². The zero-order valence-electron chi connectivity index (χ0n) is 7.66. The normalized spacial score (nSPS) is 19.2. The summed E-state index contributed by atoms with van der Waals surface area (Å²) in [6.45, 7) is 5.86. The van der Waals surface area contributed by atoms with Crippen LogP contribution in [0.4, 0.5) is 0 Å². The largest absolute Gasteiger partial charge is 0.0991 e. The second kappa shape index (κ2) is 4.76. The van der Waals surface area contributed by atoms with Crippen molar-refractivity contribution in [3.05, 3.63) is 48.6 Å². The Morgan fingerprint density at radius 1 is 1.50 bits per heavy atom. The van der Waals surface area contributed by atoms with Crippen molar-refractivity contribution in [3.8, 4) is 0 Å². The predicted molar refractivity (Wildman–Crippen MR) is 55.0 cm³/mol. The van der Waals surface area contributed by atoms with Crippen molar-refractivity contribution in [3.63, 3.8) is 0 Å². The minimum atomic E-state index is 0.527. The highest BCUT2D eigenvalue weighted by molar-refractivity contribution is 5.27. The van der Waals surface area contributed by atoms with Gasteiger partial charge in [0.15, 0.2) is 0 Å². The van der Waals surface area contributed by atoms with E-state index in [0.717, 1.165) is 0 Å². The monoisotopic (exact) mass is 160 g/mol. The number of allylic oxidation sites excluding steroid dienone is 7. The van der Waals surface area contributed by atoms with Crippen molar-refractivity contribution in [2.75, 3.05) is 0 Å². The standard InChI is InChI=1S/C12H16/c1-3-4-8-11(2)12-9-6-5-7-10-12/h3-4,6,8-11H,1,5,7H2,2H3/b8-4-. The van der Waals surface area contributed by atoms with Gasteiger partial charge in [0, 0.05) is 0 Å². The Morgan fingerprint density at radius 3 is 2.92 bits per heavy atom. The smallest absolute Gasteiger partial charge is 0.00106 e. The molecule has 1 aliphatic rings. The summed E-state index contributed by atoms with van der Waals surface area (Å²) in [5.74, 6) is 0.527. The van der Waals surface area contributed by atoms with Gasteiger partial charge in [-0.15, -0.1) is 0 Å². The van der Waals surface area contributed by atoms with Gasteiger partial charge in [-0.1, -0.05) is 50.0 Å². The summed E-state index contributed by atoms with van der Waals surface area (Å²) < 4.78 is 0. The molecule has 0 spiro atoms. The van der Waals surface area contributed by atoms with E-state index in [4.69, 9.17) is 0 Å². The summed E-state index contributed by atoms with van der Waals surface area (Å²) in [5, 5.41) is 0. The summed E-state index contributed by atoms with van der Waals surface area (Å²) in [6, 6.07) is 0. The molecule has 0 bridgehead atoms. The molecule has 1 aliphatic carbocycles.